The van der Waals surface area contributed by atoms with Crippen LogP contribution in [-0.4, -0.2) is 28.4 Å². The SMILES string of the molecule is CCC1CCCCN1C(=O)C1(C(N)=S)CCCCCC1. The molecular formula is C16H28N2OS. The van der Waals surface area contributed by atoms with Gasteiger partial charge in [0.05, 0.1) is 10.4 Å². The van der Waals surface area contributed by atoms with Gasteiger partial charge in [0.2, 0.25) is 5.91 Å². The fraction of sp³-hybridized carbons (Fsp3) is 0.875. The van der Waals surface area contributed by atoms with Crippen molar-refractivity contribution in [3.63, 3.8) is 0 Å². The van der Waals surface area contributed by atoms with Crippen molar-refractivity contribution in [1.82, 2.24) is 4.90 Å². The summed E-state index contributed by atoms with van der Waals surface area (Å²) in [6, 6.07) is 0.394. The Balaban J connectivity index is 2.23. The van der Waals surface area contributed by atoms with Crippen LogP contribution >= 0.6 is 12.2 Å². The van der Waals surface area contributed by atoms with Gasteiger partial charge in [-0.2, -0.15) is 0 Å². The maximum Gasteiger partial charge on any atom is 0.235 e. The average molecular weight is 296 g/mol. The Hall–Kier alpha value is -0.640. The smallest absolute Gasteiger partial charge is 0.235 e. The van der Waals surface area contributed by atoms with Gasteiger partial charge < -0.3 is 10.6 Å². The maximum atomic E-state index is 13.2. The fourth-order valence-electron chi connectivity index (χ4n) is 3.87. The van der Waals surface area contributed by atoms with Crippen LogP contribution in [0.3, 0.4) is 0 Å². The molecule has 1 heterocycles. The molecule has 2 rings (SSSR count). The summed E-state index contributed by atoms with van der Waals surface area (Å²) in [7, 11) is 0. The molecular weight excluding hydrogens is 268 g/mol. The lowest BCUT2D eigenvalue weighted by Gasteiger charge is -2.42. The summed E-state index contributed by atoms with van der Waals surface area (Å²) >= 11 is 5.34. The Morgan fingerprint density at radius 3 is 2.40 bits per heavy atom. The zero-order valence-corrected chi connectivity index (χ0v) is 13.5. The molecule has 2 aliphatic rings. The van der Waals surface area contributed by atoms with E-state index >= 15 is 0 Å². The van der Waals surface area contributed by atoms with Crippen LogP contribution in [0.1, 0.15) is 71.1 Å². The van der Waals surface area contributed by atoms with Crippen LogP contribution in [0.5, 0.6) is 0 Å². The molecule has 1 saturated heterocycles. The summed E-state index contributed by atoms with van der Waals surface area (Å²) in [5.41, 5.74) is 5.50. The van der Waals surface area contributed by atoms with E-state index < -0.39 is 5.41 Å². The van der Waals surface area contributed by atoms with Gasteiger partial charge in [0, 0.05) is 12.6 Å². The minimum Gasteiger partial charge on any atom is -0.392 e. The number of hydrogen-bond acceptors (Lipinski definition) is 2. The van der Waals surface area contributed by atoms with Gasteiger partial charge in [-0.05, 0) is 38.5 Å². The van der Waals surface area contributed by atoms with Gasteiger partial charge in [0.1, 0.15) is 0 Å². The number of hydrogen-bond donors (Lipinski definition) is 1. The molecule has 0 bridgehead atoms. The van der Waals surface area contributed by atoms with Crippen LogP contribution in [0, 0.1) is 5.41 Å². The highest BCUT2D eigenvalue weighted by atomic mass is 32.1. The molecule has 2 fully saturated rings. The van der Waals surface area contributed by atoms with Crippen molar-refractivity contribution < 1.29 is 4.79 Å². The van der Waals surface area contributed by atoms with Crippen molar-refractivity contribution in [3.8, 4) is 0 Å². The molecule has 0 aromatic rings. The summed E-state index contributed by atoms with van der Waals surface area (Å²) in [6.45, 7) is 3.07. The van der Waals surface area contributed by atoms with Crippen molar-refractivity contribution in [2.24, 2.45) is 11.1 Å². The van der Waals surface area contributed by atoms with Crippen molar-refractivity contribution in [2.75, 3.05) is 6.54 Å². The van der Waals surface area contributed by atoms with E-state index in [-0.39, 0.29) is 5.91 Å². The predicted molar refractivity (Wildman–Crippen MR) is 86.6 cm³/mol. The van der Waals surface area contributed by atoms with Crippen LogP contribution in [0.2, 0.25) is 0 Å². The molecule has 1 amide bonds. The first kappa shape index (κ1) is 15.7. The quantitative estimate of drug-likeness (QED) is 0.641. The molecule has 1 aliphatic heterocycles. The minimum absolute atomic E-state index is 0.235. The van der Waals surface area contributed by atoms with E-state index in [1.54, 1.807) is 0 Å². The number of amides is 1. The molecule has 1 saturated carbocycles. The molecule has 4 heteroatoms. The minimum atomic E-state index is -0.545. The first-order chi connectivity index (χ1) is 9.62. The largest absolute Gasteiger partial charge is 0.392 e. The monoisotopic (exact) mass is 296 g/mol. The van der Waals surface area contributed by atoms with Crippen molar-refractivity contribution in [1.29, 1.82) is 0 Å². The summed E-state index contributed by atoms with van der Waals surface area (Å²) < 4.78 is 0. The molecule has 2 N–H and O–H groups in total. The summed E-state index contributed by atoms with van der Waals surface area (Å²) in [5, 5.41) is 0. The molecule has 0 aromatic heterocycles. The van der Waals surface area contributed by atoms with Gasteiger partial charge in [-0.15, -0.1) is 0 Å². The van der Waals surface area contributed by atoms with Crippen molar-refractivity contribution in [3.05, 3.63) is 0 Å². The number of likely N-dealkylation sites (tertiary alicyclic amines) is 1. The lowest BCUT2D eigenvalue weighted by Crippen LogP contribution is -2.54. The first-order valence-electron chi connectivity index (χ1n) is 8.23. The highest BCUT2D eigenvalue weighted by molar-refractivity contribution is 7.80. The molecule has 0 radical (unpaired) electrons. The molecule has 1 unspecified atom stereocenters. The zero-order chi connectivity index (χ0) is 14.6. The van der Waals surface area contributed by atoms with E-state index in [0.29, 0.717) is 11.0 Å². The lowest BCUT2D eigenvalue weighted by molar-refractivity contribution is -0.142. The van der Waals surface area contributed by atoms with Gasteiger partial charge in [-0.25, -0.2) is 0 Å². The fourth-order valence-corrected chi connectivity index (χ4v) is 4.16. The Kier molecular flexibility index (Phi) is 5.42. The van der Waals surface area contributed by atoms with Crippen LogP contribution in [0.15, 0.2) is 0 Å². The Morgan fingerprint density at radius 1 is 1.20 bits per heavy atom. The van der Waals surface area contributed by atoms with E-state index in [2.05, 4.69) is 11.8 Å². The average Bonchev–Trinajstić information content (AvgIpc) is 2.73. The van der Waals surface area contributed by atoms with E-state index in [1.807, 2.05) is 0 Å². The lowest BCUT2D eigenvalue weighted by atomic mass is 9.78. The van der Waals surface area contributed by atoms with Crippen LogP contribution < -0.4 is 5.73 Å². The predicted octanol–water partition coefficient (Wildman–Crippen LogP) is 3.40. The van der Waals surface area contributed by atoms with Gasteiger partial charge in [0.15, 0.2) is 0 Å². The third-order valence-electron chi connectivity index (χ3n) is 5.20. The standard InChI is InChI=1S/C16H28N2OS/c1-2-13-9-5-8-12-18(13)15(19)16(14(17)20)10-6-3-4-7-11-16/h13H,2-12H2,1H3,(H2,17,20). The summed E-state index contributed by atoms with van der Waals surface area (Å²) in [6.07, 6.45) is 10.8. The number of carbonyl (C=O) groups excluding carboxylic acids is 1. The molecule has 1 atom stereocenters. The highest BCUT2D eigenvalue weighted by Crippen LogP contribution is 2.39. The van der Waals surface area contributed by atoms with Gasteiger partial charge in [0.25, 0.3) is 0 Å². The molecule has 1 aliphatic carbocycles. The third-order valence-corrected chi connectivity index (χ3v) is 5.59. The number of nitrogens with zero attached hydrogens (tertiary/aromatic N) is 1. The van der Waals surface area contributed by atoms with Crippen molar-refractivity contribution in [2.45, 2.75) is 77.2 Å². The Bertz CT molecular complexity index is 361. The topological polar surface area (TPSA) is 46.3 Å². The van der Waals surface area contributed by atoms with E-state index in [1.165, 1.54) is 19.3 Å². The number of nitrogens with two attached hydrogens (primary N) is 1. The highest BCUT2D eigenvalue weighted by Gasteiger charge is 2.45. The second-order valence-corrected chi connectivity index (χ2v) is 6.86. The number of carbonyl (C=O) groups is 1. The van der Waals surface area contributed by atoms with Crippen LogP contribution in [-0.2, 0) is 4.79 Å². The van der Waals surface area contributed by atoms with Gasteiger partial charge >= 0.3 is 0 Å². The molecule has 114 valence electrons. The van der Waals surface area contributed by atoms with Crippen LogP contribution in [0.4, 0.5) is 0 Å². The van der Waals surface area contributed by atoms with Gasteiger partial charge in [-0.3, -0.25) is 4.79 Å². The van der Waals surface area contributed by atoms with Crippen LogP contribution in [0.25, 0.3) is 0 Å². The van der Waals surface area contributed by atoms with E-state index in [9.17, 15) is 4.79 Å². The number of thiocarbonyl (C=S) groups is 1. The van der Waals surface area contributed by atoms with Gasteiger partial charge in [-0.1, -0.05) is 44.8 Å². The van der Waals surface area contributed by atoms with Crippen molar-refractivity contribution >= 4 is 23.1 Å². The number of piperidine rings is 1. The molecule has 3 nitrogen and oxygen atoms in total. The molecule has 0 aromatic carbocycles. The Morgan fingerprint density at radius 2 is 1.85 bits per heavy atom. The van der Waals surface area contributed by atoms with E-state index in [0.717, 1.165) is 51.5 Å². The number of rotatable bonds is 3. The second kappa shape index (κ2) is 6.88. The maximum absolute atomic E-state index is 13.2. The summed E-state index contributed by atoms with van der Waals surface area (Å²) in [5.74, 6) is 0.235. The molecule has 20 heavy (non-hydrogen) atoms. The van der Waals surface area contributed by atoms with E-state index in [4.69, 9.17) is 18.0 Å². The second-order valence-electron chi connectivity index (χ2n) is 6.42. The Labute approximate surface area is 128 Å². The molecule has 0 spiro atoms. The third kappa shape index (κ3) is 3.00. The zero-order valence-electron chi connectivity index (χ0n) is 12.7. The normalized spacial score (nSPS) is 26.9. The summed E-state index contributed by atoms with van der Waals surface area (Å²) in [4.78, 5) is 15.7. The first-order valence-corrected chi connectivity index (χ1v) is 8.63.